The van der Waals surface area contributed by atoms with Gasteiger partial charge in [-0.25, -0.2) is 9.78 Å². The van der Waals surface area contributed by atoms with Crippen molar-refractivity contribution < 1.29 is 19.6 Å². The Morgan fingerprint density at radius 1 is 1.35 bits per heavy atom. The number of pyridine rings is 1. The van der Waals surface area contributed by atoms with Crippen molar-refractivity contribution in [1.29, 1.82) is 0 Å². The second-order valence-corrected chi connectivity index (χ2v) is 4.61. The number of ether oxygens (including phenoxy) is 1. The van der Waals surface area contributed by atoms with Crippen LogP contribution in [0, 0.1) is 10.1 Å². The Balaban J connectivity index is 2.32. The SMILES string of the molecule is O=C(O)c1ccnc(Oc2cc(Br)cc([N+](=O)[O-])c2)c1. The molecule has 0 bridgehead atoms. The number of benzene rings is 1. The molecule has 0 saturated carbocycles. The lowest BCUT2D eigenvalue weighted by molar-refractivity contribution is -0.385. The first-order valence-electron chi connectivity index (χ1n) is 5.28. The van der Waals surface area contributed by atoms with Gasteiger partial charge in [0.2, 0.25) is 5.88 Å². The van der Waals surface area contributed by atoms with Gasteiger partial charge in [-0.05, 0) is 12.1 Å². The summed E-state index contributed by atoms with van der Waals surface area (Å²) in [6.45, 7) is 0. The highest BCUT2D eigenvalue weighted by Gasteiger charge is 2.11. The van der Waals surface area contributed by atoms with Crippen molar-refractivity contribution in [2.45, 2.75) is 0 Å². The Kier molecular flexibility index (Phi) is 3.94. The van der Waals surface area contributed by atoms with Crippen molar-refractivity contribution >= 4 is 27.6 Å². The van der Waals surface area contributed by atoms with Crippen molar-refractivity contribution in [2.24, 2.45) is 0 Å². The zero-order valence-electron chi connectivity index (χ0n) is 9.82. The van der Waals surface area contributed by atoms with E-state index in [0.717, 1.165) is 0 Å². The second-order valence-electron chi connectivity index (χ2n) is 3.69. The molecule has 7 nitrogen and oxygen atoms in total. The molecule has 0 fully saturated rings. The molecule has 2 aromatic rings. The average molecular weight is 339 g/mol. The van der Waals surface area contributed by atoms with Crippen LogP contribution in [0.2, 0.25) is 0 Å². The van der Waals surface area contributed by atoms with E-state index in [9.17, 15) is 14.9 Å². The number of hydrogen-bond donors (Lipinski definition) is 1. The highest BCUT2D eigenvalue weighted by molar-refractivity contribution is 9.10. The molecule has 20 heavy (non-hydrogen) atoms. The Labute approximate surface area is 121 Å². The van der Waals surface area contributed by atoms with Gasteiger partial charge < -0.3 is 9.84 Å². The smallest absolute Gasteiger partial charge is 0.335 e. The largest absolute Gasteiger partial charge is 0.478 e. The molecule has 8 heteroatoms. The number of hydrogen-bond acceptors (Lipinski definition) is 5. The van der Waals surface area contributed by atoms with Crippen molar-refractivity contribution in [3.05, 3.63) is 56.7 Å². The first-order chi connectivity index (χ1) is 9.45. The number of nitro benzene ring substituents is 1. The summed E-state index contributed by atoms with van der Waals surface area (Å²) in [4.78, 5) is 24.9. The van der Waals surface area contributed by atoms with Crippen LogP contribution in [0.1, 0.15) is 10.4 Å². The molecule has 0 amide bonds. The van der Waals surface area contributed by atoms with Gasteiger partial charge >= 0.3 is 5.97 Å². The van der Waals surface area contributed by atoms with E-state index in [-0.39, 0.29) is 22.9 Å². The molecule has 1 N–H and O–H groups in total. The fourth-order valence-corrected chi connectivity index (χ4v) is 1.89. The zero-order chi connectivity index (χ0) is 14.7. The molecule has 0 unspecified atom stereocenters. The fraction of sp³-hybridized carbons (Fsp3) is 0. The van der Waals surface area contributed by atoms with Crippen LogP contribution in [0.4, 0.5) is 5.69 Å². The van der Waals surface area contributed by atoms with E-state index in [1.54, 1.807) is 0 Å². The maximum absolute atomic E-state index is 10.8. The molecule has 0 aliphatic carbocycles. The van der Waals surface area contributed by atoms with Crippen LogP contribution in [0.3, 0.4) is 0 Å². The van der Waals surface area contributed by atoms with Crippen molar-refractivity contribution in [1.82, 2.24) is 4.98 Å². The van der Waals surface area contributed by atoms with Crippen LogP contribution >= 0.6 is 15.9 Å². The lowest BCUT2D eigenvalue weighted by Gasteiger charge is -2.05. The number of carbonyl (C=O) groups is 1. The van der Waals surface area contributed by atoms with Gasteiger partial charge in [0.1, 0.15) is 5.75 Å². The van der Waals surface area contributed by atoms with Crippen LogP contribution in [0.5, 0.6) is 11.6 Å². The Morgan fingerprint density at radius 3 is 2.75 bits per heavy atom. The monoisotopic (exact) mass is 338 g/mol. The van der Waals surface area contributed by atoms with Gasteiger partial charge in [-0.3, -0.25) is 10.1 Å². The van der Waals surface area contributed by atoms with E-state index in [0.29, 0.717) is 4.47 Å². The maximum Gasteiger partial charge on any atom is 0.335 e. The molecule has 0 aliphatic heterocycles. The van der Waals surface area contributed by atoms with E-state index >= 15 is 0 Å². The molecule has 0 aliphatic rings. The molecular formula is C12H7BrN2O5. The topological polar surface area (TPSA) is 103 Å². The van der Waals surface area contributed by atoms with Gasteiger partial charge in [0.25, 0.3) is 5.69 Å². The third kappa shape index (κ3) is 3.29. The predicted octanol–water partition coefficient (Wildman–Crippen LogP) is 3.24. The van der Waals surface area contributed by atoms with Gasteiger partial charge in [-0.1, -0.05) is 15.9 Å². The summed E-state index contributed by atoms with van der Waals surface area (Å²) >= 11 is 3.13. The third-order valence-electron chi connectivity index (χ3n) is 2.27. The highest BCUT2D eigenvalue weighted by atomic mass is 79.9. The zero-order valence-corrected chi connectivity index (χ0v) is 11.4. The summed E-state index contributed by atoms with van der Waals surface area (Å²) in [6.07, 6.45) is 1.28. The van der Waals surface area contributed by atoms with E-state index in [1.165, 1.54) is 36.5 Å². The molecule has 0 spiro atoms. The number of rotatable bonds is 4. The summed E-state index contributed by atoms with van der Waals surface area (Å²) in [6, 6.07) is 6.61. The van der Waals surface area contributed by atoms with E-state index < -0.39 is 10.9 Å². The van der Waals surface area contributed by atoms with Crippen molar-refractivity contribution in [2.75, 3.05) is 0 Å². The van der Waals surface area contributed by atoms with E-state index in [1.807, 2.05) is 0 Å². The van der Waals surface area contributed by atoms with Crippen LogP contribution in [-0.4, -0.2) is 21.0 Å². The number of carboxylic acid groups (broad SMARTS) is 1. The van der Waals surface area contributed by atoms with Crippen LogP contribution in [0.15, 0.2) is 41.0 Å². The number of non-ortho nitro benzene ring substituents is 1. The highest BCUT2D eigenvalue weighted by Crippen LogP contribution is 2.29. The minimum Gasteiger partial charge on any atom is -0.478 e. The molecular weight excluding hydrogens is 332 g/mol. The molecule has 2 rings (SSSR count). The number of aromatic carboxylic acids is 1. The van der Waals surface area contributed by atoms with E-state index in [4.69, 9.17) is 9.84 Å². The fourth-order valence-electron chi connectivity index (χ4n) is 1.43. The lowest BCUT2D eigenvalue weighted by atomic mass is 10.3. The number of halogens is 1. The molecule has 102 valence electrons. The normalized spacial score (nSPS) is 10.1. The van der Waals surface area contributed by atoms with Gasteiger partial charge in [-0.2, -0.15) is 0 Å². The Bertz CT molecular complexity index is 689. The molecule has 1 heterocycles. The number of nitrogens with zero attached hydrogens (tertiary/aromatic N) is 2. The van der Waals surface area contributed by atoms with Crippen LogP contribution in [0.25, 0.3) is 0 Å². The maximum atomic E-state index is 10.8. The second kappa shape index (κ2) is 5.66. The average Bonchev–Trinajstić information content (AvgIpc) is 2.38. The van der Waals surface area contributed by atoms with Crippen LogP contribution in [-0.2, 0) is 0 Å². The van der Waals surface area contributed by atoms with Gasteiger partial charge in [0.15, 0.2) is 0 Å². The summed E-state index contributed by atoms with van der Waals surface area (Å²) in [5, 5.41) is 19.6. The third-order valence-corrected chi connectivity index (χ3v) is 2.73. The Hall–Kier alpha value is -2.48. The summed E-state index contributed by atoms with van der Waals surface area (Å²) < 4.78 is 5.80. The van der Waals surface area contributed by atoms with E-state index in [2.05, 4.69) is 20.9 Å². The molecule has 0 atom stereocenters. The minimum atomic E-state index is -1.11. The van der Waals surface area contributed by atoms with Crippen molar-refractivity contribution in [3.63, 3.8) is 0 Å². The Morgan fingerprint density at radius 2 is 2.10 bits per heavy atom. The molecule has 1 aromatic carbocycles. The van der Waals surface area contributed by atoms with Gasteiger partial charge in [0.05, 0.1) is 16.6 Å². The van der Waals surface area contributed by atoms with Crippen LogP contribution < -0.4 is 4.74 Å². The number of aromatic nitrogens is 1. The molecule has 0 saturated heterocycles. The predicted molar refractivity (Wildman–Crippen MR) is 72.1 cm³/mol. The summed E-state index contributed by atoms with van der Waals surface area (Å²) in [5.74, 6) is -0.893. The number of carboxylic acids is 1. The number of nitro groups is 1. The summed E-state index contributed by atoms with van der Waals surface area (Å²) in [5.41, 5.74) is -0.136. The minimum absolute atomic E-state index is 0.0134. The quantitative estimate of drug-likeness (QED) is 0.678. The van der Waals surface area contributed by atoms with Gasteiger partial charge in [-0.15, -0.1) is 0 Å². The van der Waals surface area contributed by atoms with Gasteiger partial charge in [0, 0.05) is 22.8 Å². The first kappa shape index (κ1) is 13.9. The van der Waals surface area contributed by atoms with Crippen molar-refractivity contribution in [3.8, 4) is 11.6 Å². The first-order valence-corrected chi connectivity index (χ1v) is 6.07. The standard InChI is InChI=1S/C12H7BrN2O5/c13-8-4-9(15(18)19)6-10(5-8)20-11-3-7(12(16)17)1-2-14-11/h1-6H,(H,16,17). The summed E-state index contributed by atoms with van der Waals surface area (Å²) in [7, 11) is 0. The molecule has 0 radical (unpaired) electrons. The molecule has 1 aromatic heterocycles. The lowest BCUT2D eigenvalue weighted by Crippen LogP contribution is -1.98.